The summed E-state index contributed by atoms with van der Waals surface area (Å²) in [6, 6.07) is 9.35. The summed E-state index contributed by atoms with van der Waals surface area (Å²) in [5, 5.41) is 3.76. The fourth-order valence-corrected chi connectivity index (χ4v) is 2.47. The van der Waals surface area contributed by atoms with Gasteiger partial charge in [-0.25, -0.2) is 0 Å². The highest BCUT2D eigenvalue weighted by molar-refractivity contribution is 5.54. The highest BCUT2D eigenvalue weighted by Gasteiger charge is 2.18. The highest BCUT2D eigenvalue weighted by Crippen LogP contribution is 2.30. The molecule has 18 heavy (non-hydrogen) atoms. The Hall–Kier alpha value is -0.980. The van der Waals surface area contributed by atoms with Crippen LogP contribution in [0.1, 0.15) is 65.9 Å². The van der Waals surface area contributed by atoms with Crippen LogP contribution in [0.25, 0.3) is 0 Å². The van der Waals surface area contributed by atoms with Crippen molar-refractivity contribution in [2.24, 2.45) is 0 Å². The van der Waals surface area contributed by atoms with Crippen LogP contribution in [0.3, 0.4) is 0 Å². The summed E-state index contributed by atoms with van der Waals surface area (Å²) in [4.78, 5) is 0. The zero-order chi connectivity index (χ0) is 13.6. The molecule has 0 fully saturated rings. The number of hydrogen-bond donors (Lipinski definition) is 1. The molecular formula is C17H29N. The summed E-state index contributed by atoms with van der Waals surface area (Å²) in [5.41, 5.74) is 2.94. The van der Waals surface area contributed by atoms with Crippen LogP contribution >= 0.6 is 0 Å². The van der Waals surface area contributed by atoms with Crippen molar-refractivity contribution in [3.05, 3.63) is 29.8 Å². The first-order chi connectivity index (χ1) is 8.49. The van der Waals surface area contributed by atoms with Crippen molar-refractivity contribution in [1.29, 1.82) is 0 Å². The standard InChI is InChI=1S/C17H29N/c1-6-10-14(11-7-2)18-16-13-9-8-12-15(16)17(3,4)5/h8-9,12-14,18H,6-7,10-11H2,1-5H3. The summed E-state index contributed by atoms with van der Waals surface area (Å²) in [5.74, 6) is 0. The molecule has 0 atom stereocenters. The largest absolute Gasteiger partial charge is 0.382 e. The number of nitrogens with one attached hydrogen (secondary N) is 1. The Morgan fingerprint density at radius 2 is 1.56 bits per heavy atom. The molecule has 0 saturated carbocycles. The van der Waals surface area contributed by atoms with E-state index >= 15 is 0 Å². The molecule has 0 radical (unpaired) electrons. The smallest absolute Gasteiger partial charge is 0.0380 e. The first-order valence-electron chi connectivity index (χ1n) is 7.35. The topological polar surface area (TPSA) is 12.0 Å². The van der Waals surface area contributed by atoms with Crippen LogP contribution < -0.4 is 5.32 Å². The molecule has 0 aliphatic carbocycles. The fourth-order valence-electron chi connectivity index (χ4n) is 2.47. The van der Waals surface area contributed by atoms with Crippen LogP contribution in [0.2, 0.25) is 0 Å². The van der Waals surface area contributed by atoms with Gasteiger partial charge in [0.2, 0.25) is 0 Å². The Morgan fingerprint density at radius 3 is 2.06 bits per heavy atom. The molecule has 1 aromatic rings. The first-order valence-corrected chi connectivity index (χ1v) is 7.35. The molecule has 0 spiro atoms. The lowest BCUT2D eigenvalue weighted by Gasteiger charge is -2.27. The lowest BCUT2D eigenvalue weighted by molar-refractivity contribution is 0.571. The Labute approximate surface area is 113 Å². The van der Waals surface area contributed by atoms with Crippen molar-refractivity contribution in [2.45, 2.75) is 71.8 Å². The predicted octanol–water partition coefficient (Wildman–Crippen LogP) is 5.36. The summed E-state index contributed by atoms with van der Waals surface area (Å²) in [7, 11) is 0. The Bertz CT molecular complexity index is 343. The minimum Gasteiger partial charge on any atom is -0.382 e. The molecular weight excluding hydrogens is 218 g/mol. The maximum Gasteiger partial charge on any atom is 0.0380 e. The van der Waals surface area contributed by atoms with Gasteiger partial charge in [-0.2, -0.15) is 0 Å². The molecule has 0 saturated heterocycles. The molecule has 0 heterocycles. The molecule has 0 aromatic heterocycles. The van der Waals surface area contributed by atoms with Gasteiger partial charge in [0.1, 0.15) is 0 Å². The van der Waals surface area contributed by atoms with E-state index < -0.39 is 0 Å². The summed E-state index contributed by atoms with van der Waals surface area (Å²) >= 11 is 0. The zero-order valence-corrected chi connectivity index (χ0v) is 12.7. The summed E-state index contributed by atoms with van der Waals surface area (Å²) < 4.78 is 0. The van der Waals surface area contributed by atoms with E-state index in [1.165, 1.54) is 36.9 Å². The minimum atomic E-state index is 0.201. The quantitative estimate of drug-likeness (QED) is 0.713. The molecule has 0 unspecified atom stereocenters. The average molecular weight is 247 g/mol. The molecule has 0 aliphatic heterocycles. The normalized spacial score (nSPS) is 11.9. The van der Waals surface area contributed by atoms with Crippen LogP contribution in [0.15, 0.2) is 24.3 Å². The molecule has 0 amide bonds. The van der Waals surface area contributed by atoms with Crippen LogP contribution in [0.5, 0.6) is 0 Å². The van der Waals surface area contributed by atoms with Gasteiger partial charge in [-0.15, -0.1) is 0 Å². The van der Waals surface area contributed by atoms with Crippen molar-refractivity contribution in [3.63, 3.8) is 0 Å². The van der Waals surface area contributed by atoms with Gasteiger partial charge in [-0.3, -0.25) is 0 Å². The third kappa shape index (κ3) is 4.36. The van der Waals surface area contributed by atoms with E-state index in [0.29, 0.717) is 6.04 Å². The molecule has 0 aliphatic rings. The first kappa shape index (κ1) is 15.1. The zero-order valence-electron chi connectivity index (χ0n) is 12.7. The van der Waals surface area contributed by atoms with Crippen molar-refractivity contribution in [1.82, 2.24) is 0 Å². The van der Waals surface area contributed by atoms with Crippen LogP contribution in [-0.2, 0) is 5.41 Å². The van der Waals surface area contributed by atoms with Crippen LogP contribution in [-0.4, -0.2) is 6.04 Å². The van der Waals surface area contributed by atoms with Gasteiger partial charge in [0.05, 0.1) is 0 Å². The number of anilines is 1. The van der Waals surface area contributed by atoms with Gasteiger partial charge >= 0.3 is 0 Å². The number of benzene rings is 1. The van der Waals surface area contributed by atoms with E-state index in [2.05, 4.69) is 64.2 Å². The van der Waals surface area contributed by atoms with Gasteiger partial charge < -0.3 is 5.32 Å². The second-order valence-corrected chi connectivity index (χ2v) is 6.21. The Kier molecular flexibility index (Phi) is 5.71. The third-order valence-electron chi connectivity index (χ3n) is 3.37. The van der Waals surface area contributed by atoms with E-state index in [4.69, 9.17) is 0 Å². The predicted molar refractivity (Wildman–Crippen MR) is 82.4 cm³/mol. The Balaban J connectivity index is 2.88. The minimum absolute atomic E-state index is 0.201. The van der Waals surface area contributed by atoms with Gasteiger partial charge in [-0.05, 0) is 29.9 Å². The van der Waals surface area contributed by atoms with Crippen molar-refractivity contribution >= 4 is 5.69 Å². The highest BCUT2D eigenvalue weighted by atomic mass is 14.9. The maximum atomic E-state index is 3.76. The van der Waals surface area contributed by atoms with E-state index in [9.17, 15) is 0 Å². The monoisotopic (exact) mass is 247 g/mol. The number of para-hydroxylation sites is 1. The fraction of sp³-hybridized carbons (Fsp3) is 0.647. The van der Waals surface area contributed by atoms with Crippen LogP contribution in [0, 0.1) is 0 Å². The molecule has 1 aromatic carbocycles. The van der Waals surface area contributed by atoms with E-state index in [1.807, 2.05) is 0 Å². The Morgan fingerprint density at radius 1 is 1.00 bits per heavy atom. The lowest BCUT2D eigenvalue weighted by Crippen LogP contribution is -2.22. The van der Waals surface area contributed by atoms with Crippen molar-refractivity contribution in [2.75, 3.05) is 5.32 Å². The van der Waals surface area contributed by atoms with Gasteiger partial charge in [0.15, 0.2) is 0 Å². The summed E-state index contributed by atoms with van der Waals surface area (Å²) in [6.07, 6.45) is 5.00. The molecule has 1 N–H and O–H groups in total. The van der Waals surface area contributed by atoms with Crippen LogP contribution in [0.4, 0.5) is 5.69 Å². The molecule has 1 rings (SSSR count). The third-order valence-corrected chi connectivity index (χ3v) is 3.37. The average Bonchev–Trinajstić information content (AvgIpc) is 2.29. The van der Waals surface area contributed by atoms with Gasteiger partial charge in [0.25, 0.3) is 0 Å². The number of hydrogen-bond acceptors (Lipinski definition) is 1. The van der Waals surface area contributed by atoms with E-state index in [-0.39, 0.29) is 5.41 Å². The maximum absolute atomic E-state index is 3.76. The van der Waals surface area contributed by atoms with Gasteiger partial charge in [-0.1, -0.05) is 65.7 Å². The van der Waals surface area contributed by atoms with E-state index in [1.54, 1.807) is 0 Å². The van der Waals surface area contributed by atoms with E-state index in [0.717, 1.165) is 0 Å². The second kappa shape index (κ2) is 6.82. The second-order valence-electron chi connectivity index (χ2n) is 6.21. The molecule has 1 heteroatoms. The lowest BCUT2D eigenvalue weighted by atomic mass is 9.85. The van der Waals surface area contributed by atoms with Crippen molar-refractivity contribution < 1.29 is 0 Å². The van der Waals surface area contributed by atoms with Crippen molar-refractivity contribution in [3.8, 4) is 0 Å². The SMILES string of the molecule is CCCC(CCC)Nc1ccccc1C(C)(C)C. The molecule has 0 bridgehead atoms. The summed E-state index contributed by atoms with van der Waals surface area (Å²) in [6.45, 7) is 11.4. The van der Waals surface area contributed by atoms with Gasteiger partial charge in [0, 0.05) is 11.7 Å². The number of rotatable bonds is 6. The molecule has 1 nitrogen and oxygen atoms in total. The molecule has 102 valence electrons.